The molecule has 2 fully saturated rings. The van der Waals surface area contributed by atoms with Crippen molar-refractivity contribution in [2.75, 3.05) is 44.3 Å². The number of carbonyl (C=O) groups excluding carboxylic acids is 1. The van der Waals surface area contributed by atoms with Gasteiger partial charge in [0.05, 0.1) is 24.8 Å². The SMILES string of the molecule is CCN(CC)C(=O)N[C@H]1CC[C@@H](Oc2cc(N3CCOCC3)cc3nccnc23)CC1. The van der Waals surface area contributed by atoms with Gasteiger partial charge in [-0.1, -0.05) is 0 Å². The van der Waals surface area contributed by atoms with Crippen molar-refractivity contribution in [2.24, 2.45) is 0 Å². The van der Waals surface area contributed by atoms with Crippen LogP contribution in [-0.4, -0.2) is 72.4 Å². The van der Waals surface area contributed by atoms with Gasteiger partial charge in [-0.25, -0.2) is 9.78 Å². The molecule has 31 heavy (non-hydrogen) atoms. The zero-order valence-corrected chi connectivity index (χ0v) is 18.5. The molecule has 1 saturated heterocycles. The Hall–Kier alpha value is -2.61. The molecule has 1 aliphatic carbocycles. The van der Waals surface area contributed by atoms with E-state index in [1.165, 1.54) is 0 Å². The lowest BCUT2D eigenvalue weighted by Gasteiger charge is -2.32. The summed E-state index contributed by atoms with van der Waals surface area (Å²) in [6, 6.07) is 4.43. The van der Waals surface area contributed by atoms with Gasteiger partial charge < -0.3 is 24.6 Å². The first kappa shape index (κ1) is 21.6. The van der Waals surface area contributed by atoms with Crippen molar-refractivity contribution in [3.8, 4) is 5.75 Å². The normalized spacial score (nSPS) is 21.7. The van der Waals surface area contributed by atoms with E-state index in [-0.39, 0.29) is 18.2 Å². The molecule has 2 heterocycles. The van der Waals surface area contributed by atoms with Crippen LogP contribution in [0.25, 0.3) is 11.0 Å². The van der Waals surface area contributed by atoms with Crippen LogP contribution in [0, 0.1) is 0 Å². The van der Waals surface area contributed by atoms with Crippen LogP contribution in [0.1, 0.15) is 39.5 Å². The van der Waals surface area contributed by atoms with Crippen molar-refractivity contribution >= 4 is 22.8 Å². The van der Waals surface area contributed by atoms with Crippen LogP contribution in [0.15, 0.2) is 24.5 Å². The molecule has 2 amide bonds. The van der Waals surface area contributed by atoms with Crippen molar-refractivity contribution in [1.82, 2.24) is 20.2 Å². The first-order chi connectivity index (χ1) is 15.2. The fourth-order valence-corrected chi connectivity index (χ4v) is 4.40. The lowest BCUT2D eigenvalue weighted by atomic mass is 9.93. The molecular weight excluding hydrogens is 394 g/mol. The first-order valence-electron chi connectivity index (χ1n) is 11.5. The number of carbonyl (C=O) groups is 1. The number of rotatable bonds is 6. The smallest absolute Gasteiger partial charge is 0.317 e. The largest absolute Gasteiger partial charge is 0.488 e. The van der Waals surface area contributed by atoms with E-state index in [2.05, 4.69) is 32.3 Å². The van der Waals surface area contributed by atoms with E-state index in [1.54, 1.807) is 12.4 Å². The number of morpholine rings is 1. The Morgan fingerprint density at radius 2 is 1.84 bits per heavy atom. The summed E-state index contributed by atoms with van der Waals surface area (Å²) in [6.45, 7) is 8.67. The van der Waals surface area contributed by atoms with E-state index in [0.29, 0.717) is 0 Å². The average molecular weight is 428 g/mol. The van der Waals surface area contributed by atoms with Gasteiger partial charge in [-0.3, -0.25) is 4.98 Å². The summed E-state index contributed by atoms with van der Waals surface area (Å²) in [4.78, 5) is 25.5. The summed E-state index contributed by atoms with van der Waals surface area (Å²) < 4.78 is 12.0. The molecule has 0 radical (unpaired) electrons. The minimum Gasteiger partial charge on any atom is -0.488 e. The fraction of sp³-hybridized carbons (Fsp3) is 0.609. The van der Waals surface area contributed by atoms with E-state index in [0.717, 1.165) is 87.5 Å². The summed E-state index contributed by atoms with van der Waals surface area (Å²) in [5.41, 5.74) is 2.75. The molecule has 2 aliphatic rings. The molecule has 8 nitrogen and oxygen atoms in total. The molecule has 0 unspecified atom stereocenters. The van der Waals surface area contributed by atoms with Crippen LogP contribution in [0.5, 0.6) is 5.75 Å². The van der Waals surface area contributed by atoms with Crippen LogP contribution in [-0.2, 0) is 4.74 Å². The molecule has 1 aromatic heterocycles. The van der Waals surface area contributed by atoms with Crippen LogP contribution >= 0.6 is 0 Å². The summed E-state index contributed by atoms with van der Waals surface area (Å²) in [7, 11) is 0. The Kier molecular flexibility index (Phi) is 7.06. The number of fused-ring (bicyclic) bond motifs is 1. The lowest BCUT2D eigenvalue weighted by Crippen LogP contribution is -2.46. The Labute approximate surface area is 183 Å². The molecule has 0 atom stereocenters. The molecule has 1 aromatic carbocycles. The maximum absolute atomic E-state index is 12.3. The summed E-state index contributed by atoms with van der Waals surface area (Å²) in [5, 5.41) is 3.18. The standard InChI is InChI=1S/C23H33N5O3/c1-3-27(4-2)23(29)26-17-5-7-19(8-6-17)31-21-16-18(28-11-13-30-14-12-28)15-20-22(21)25-10-9-24-20/h9-10,15-17,19H,3-8,11-14H2,1-2H3,(H,26,29)/t17-,19+. The minimum atomic E-state index is 0.0360. The van der Waals surface area contributed by atoms with Gasteiger partial charge in [0.2, 0.25) is 0 Å². The monoisotopic (exact) mass is 427 g/mol. The van der Waals surface area contributed by atoms with Crippen LogP contribution in [0.4, 0.5) is 10.5 Å². The van der Waals surface area contributed by atoms with E-state index in [9.17, 15) is 4.79 Å². The highest BCUT2D eigenvalue weighted by atomic mass is 16.5. The number of nitrogens with one attached hydrogen (secondary N) is 1. The number of hydrogen-bond acceptors (Lipinski definition) is 6. The predicted molar refractivity (Wildman–Crippen MR) is 121 cm³/mol. The van der Waals surface area contributed by atoms with E-state index < -0.39 is 0 Å². The summed E-state index contributed by atoms with van der Waals surface area (Å²) in [5.74, 6) is 0.794. The van der Waals surface area contributed by atoms with E-state index in [1.807, 2.05) is 18.7 Å². The highest BCUT2D eigenvalue weighted by Gasteiger charge is 2.26. The van der Waals surface area contributed by atoms with E-state index >= 15 is 0 Å². The van der Waals surface area contributed by atoms with Gasteiger partial charge in [-0.15, -0.1) is 0 Å². The Morgan fingerprint density at radius 3 is 2.55 bits per heavy atom. The maximum atomic E-state index is 12.3. The number of hydrogen-bond donors (Lipinski definition) is 1. The maximum Gasteiger partial charge on any atom is 0.317 e. The number of anilines is 1. The van der Waals surface area contributed by atoms with Gasteiger partial charge in [0.25, 0.3) is 0 Å². The highest BCUT2D eigenvalue weighted by molar-refractivity contribution is 5.85. The number of amides is 2. The van der Waals surface area contributed by atoms with Gasteiger partial charge >= 0.3 is 6.03 Å². The second-order valence-electron chi connectivity index (χ2n) is 8.18. The molecule has 8 heteroatoms. The first-order valence-corrected chi connectivity index (χ1v) is 11.5. The zero-order valence-electron chi connectivity index (χ0n) is 18.5. The quantitative estimate of drug-likeness (QED) is 0.763. The van der Waals surface area contributed by atoms with Crippen molar-refractivity contribution < 1.29 is 14.3 Å². The summed E-state index contributed by atoms with van der Waals surface area (Å²) >= 11 is 0. The topological polar surface area (TPSA) is 79.8 Å². The van der Waals surface area contributed by atoms with Crippen LogP contribution in [0.3, 0.4) is 0 Å². The van der Waals surface area contributed by atoms with Crippen molar-refractivity contribution in [2.45, 2.75) is 51.7 Å². The molecule has 1 saturated carbocycles. The number of nitrogens with zero attached hydrogens (tertiary/aromatic N) is 4. The molecule has 0 spiro atoms. The number of urea groups is 1. The van der Waals surface area contributed by atoms with Crippen LogP contribution < -0.4 is 15.0 Å². The third-order valence-corrected chi connectivity index (χ3v) is 6.25. The summed E-state index contributed by atoms with van der Waals surface area (Å²) in [6.07, 6.45) is 7.21. The third kappa shape index (κ3) is 5.18. The molecule has 0 bridgehead atoms. The van der Waals surface area contributed by atoms with E-state index in [4.69, 9.17) is 9.47 Å². The molecule has 2 aromatic rings. The fourth-order valence-electron chi connectivity index (χ4n) is 4.40. The molecule has 168 valence electrons. The Bertz CT molecular complexity index is 875. The minimum absolute atomic E-state index is 0.0360. The zero-order chi connectivity index (χ0) is 21.6. The number of benzene rings is 1. The second kappa shape index (κ2) is 10.1. The van der Waals surface area contributed by atoms with Crippen molar-refractivity contribution in [1.29, 1.82) is 0 Å². The second-order valence-corrected chi connectivity index (χ2v) is 8.18. The lowest BCUT2D eigenvalue weighted by molar-refractivity contribution is 0.122. The van der Waals surface area contributed by atoms with Gasteiger partial charge in [0.1, 0.15) is 11.3 Å². The number of aromatic nitrogens is 2. The van der Waals surface area contributed by atoms with Gasteiger partial charge in [0, 0.05) is 56.4 Å². The Balaban J connectivity index is 1.42. The Morgan fingerprint density at radius 1 is 1.13 bits per heavy atom. The van der Waals surface area contributed by atoms with Crippen molar-refractivity contribution in [3.63, 3.8) is 0 Å². The molecule has 4 rings (SSSR count). The molecule has 1 N–H and O–H groups in total. The van der Waals surface area contributed by atoms with Crippen molar-refractivity contribution in [3.05, 3.63) is 24.5 Å². The van der Waals surface area contributed by atoms with Gasteiger partial charge in [0.15, 0.2) is 0 Å². The van der Waals surface area contributed by atoms with Crippen LogP contribution in [0.2, 0.25) is 0 Å². The predicted octanol–water partition coefficient (Wildman–Crippen LogP) is 3.21. The highest BCUT2D eigenvalue weighted by Crippen LogP contribution is 2.33. The van der Waals surface area contributed by atoms with Gasteiger partial charge in [-0.05, 0) is 45.6 Å². The van der Waals surface area contributed by atoms with Gasteiger partial charge in [-0.2, -0.15) is 0 Å². The average Bonchev–Trinajstić information content (AvgIpc) is 2.81. The molecule has 1 aliphatic heterocycles. The third-order valence-electron chi connectivity index (χ3n) is 6.25. The molecular formula is C23H33N5O3. The number of ether oxygens (including phenoxy) is 2.